The van der Waals surface area contributed by atoms with Crippen molar-refractivity contribution < 1.29 is 45.8 Å². The highest BCUT2D eigenvalue weighted by molar-refractivity contribution is 7.89. The molecule has 0 unspecified atom stereocenters. The van der Waals surface area contributed by atoms with E-state index in [4.69, 9.17) is 43.6 Å². The lowest BCUT2D eigenvalue weighted by Crippen LogP contribution is -2.61. The van der Waals surface area contributed by atoms with Gasteiger partial charge in [0.15, 0.2) is 0 Å². The second-order valence-corrected chi connectivity index (χ2v) is 16.4. The largest absolute Gasteiger partial charge is 0.490 e. The molecule has 55 heavy (non-hydrogen) atoms. The van der Waals surface area contributed by atoms with Crippen LogP contribution in [-0.4, -0.2) is 116 Å². The average Bonchev–Trinajstić information content (AvgIpc) is 3.08. The van der Waals surface area contributed by atoms with Gasteiger partial charge in [-0.3, -0.25) is 9.59 Å². The lowest BCUT2D eigenvalue weighted by molar-refractivity contribution is -0.192. The monoisotopic (exact) mass is 834 g/mol. The minimum atomic E-state index is -5.08. The molecule has 3 aromatic rings. The molecule has 2 amide bonds. The molecular formula is C36H47Cl2F3N6O7S. The van der Waals surface area contributed by atoms with Crippen molar-refractivity contribution in [1.82, 2.24) is 24.4 Å². The van der Waals surface area contributed by atoms with Crippen molar-refractivity contribution in [2.75, 3.05) is 46.8 Å². The molecule has 1 aliphatic rings. The van der Waals surface area contributed by atoms with Crippen molar-refractivity contribution in [3.05, 3.63) is 63.3 Å². The molecule has 0 spiro atoms. The number of amides is 2. The summed E-state index contributed by atoms with van der Waals surface area (Å²) in [7, 11) is -0.283. The van der Waals surface area contributed by atoms with Crippen LogP contribution in [0.15, 0.2) is 41.3 Å². The molecule has 1 aromatic heterocycles. The number of rotatable bonds is 13. The number of unbranched alkanes of at least 4 members (excludes halogenated alkanes) is 1. The van der Waals surface area contributed by atoms with Crippen LogP contribution in [0.4, 0.5) is 13.2 Å². The third-order valence-electron chi connectivity index (χ3n) is 8.68. The maximum atomic E-state index is 13.7. The van der Waals surface area contributed by atoms with Gasteiger partial charge in [-0.25, -0.2) is 18.2 Å². The lowest BCUT2D eigenvalue weighted by Gasteiger charge is -2.39. The van der Waals surface area contributed by atoms with Crippen LogP contribution >= 0.6 is 23.2 Å². The molecule has 2 aromatic carbocycles. The number of hydrogen-bond acceptors (Lipinski definition) is 9. The van der Waals surface area contributed by atoms with Gasteiger partial charge in [0.05, 0.1) is 11.1 Å². The standard InChI is InChI=1S/C34H46Cl2N6O5S.C2HF3O2/c1-22-20-23(2)38-31-24(22)10-9-12-28(31)47-21-25-26(35)13-14-29(30(25)36)48(45,46)39-34(3,4)33(44)42-18-16-41(17-19-42)32(43)27(37)11-7-8-15-40(5)6;3-2(4,5)1(6)7/h9-10,12-14,20,27,39H,7-8,11,15-19,21,37H2,1-6H3;(H,6,7)/t27-;/m0./s1. The topological polar surface area (TPSA) is 175 Å². The second kappa shape index (κ2) is 18.9. The summed E-state index contributed by atoms with van der Waals surface area (Å²) in [5, 5.41) is 8.19. The predicted octanol–water partition coefficient (Wildman–Crippen LogP) is 5.16. The van der Waals surface area contributed by atoms with E-state index in [1.165, 1.54) is 26.0 Å². The highest BCUT2D eigenvalue weighted by Gasteiger charge is 2.40. The maximum Gasteiger partial charge on any atom is 0.490 e. The van der Waals surface area contributed by atoms with E-state index in [1.807, 2.05) is 46.1 Å². The summed E-state index contributed by atoms with van der Waals surface area (Å²) >= 11 is 13.1. The summed E-state index contributed by atoms with van der Waals surface area (Å²) < 4.78 is 67.7. The normalized spacial score (nSPS) is 14.4. The number of nitrogens with two attached hydrogens (primary N) is 1. The van der Waals surface area contributed by atoms with Crippen LogP contribution in [0, 0.1) is 13.8 Å². The van der Waals surface area contributed by atoms with E-state index in [0.29, 0.717) is 30.8 Å². The van der Waals surface area contributed by atoms with Crippen LogP contribution in [0.5, 0.6) is 5.75 Å². The van der Waals surface area contributed by atoms with E-state index >= 15 is 0 Å². The summed E-state index contributed by atoms with van der Waals surface area (Å²) in [4.78, 5) is 45.1. The first-order valence-corrected chi connectivity index (χ1v) is 19.5. The minimum Gasteiger partial charge on any atom is -0.487 e. The number of sulfonamides is 1. The molecule has 1 aliphatic heterocycles. The Morgan fingerprint density at radius 1 is 1.04 bits per heavy atom. The van der Waals surface area contributed by atoms with Gasteiger partial charge in [-0.2, -0.15) is 17.9 Å². The zero-order chi connectivity index (χ0) is 41.5. The number of carbonyl (C=O) groups excluding carboxylic acids is 2. The maximum absolute atomic E-state index is 13.7. The van der Waals surface area contributed by atoms with Crippen LogP contribution in [0.25, 0.3) is 10.9 Å². The van der Waals surface area contributed by atoms with Crippen LogP contribution in [0.2, 0.25) is 10.0 Å². The number of hydrogen-bond donors (Lipinski definition) is 3. The highest BCUT2D eigenvalue weighted by Crippen LogP contribution is 2.34. The van der Waals surface area contributed by atoms with Gasteiger partial charge in [0.25, 0.3) is 0 Å². The third kappa shape index (κ3) is 12.4. The number of ether oxygens (including phenoxy) is 1. The Morgan fingerprint density at radius 2 is 1.64 bits per heavy atom. The van der Waals surface area contributed by atoms with Crippen molar-refractivity contribution in [1.29, 1.82) is 0 Å². The number of benzene rings is 2. The number of carboxylic acids is 1. The lowest BCUT2D eigenvalue weighted by atomic mass is 10.0. The minimum absolute atomic E-state index is 0.107. The Labute approximate surface area is 328 Å². The smallest absolute Gasteiger partial charge is 0.487 e. The van der Waals surface area contributed by atoms with Gasteiger partial charge >= 0.3 is 12.1 Å². The summed E-state index contributed by atoms with van der Waals surface area (Å²) in [6, 6.07) is 9.73. The van der Waals surface area contributed by atoms with Crippen LogP contribution < -0.4 is 15.2 Å². The number of aryl methyl sites for hydroxylation is 2. The van der Waals surface area contributed by atoms with Gasteiger partial charge in [0.1, 0.15) is 28.3 Å². The zero-order valence-corrected chi connectivity index (χ0v) is 33.8. The van der Waals surface area contributed by atoms with Crippen LogP contribution in [-0.2, 0) is 31.0 Å². The molecule has 1 fully saturated rings. The van der Waals surface area contributed by atoms with Crippen LogP contribution in [0.1, 0.15) is 49.9 Å². The highest BCUT2D eigenvalue weighted by atomic mass is 35.5. The first-order valence-electron chi connectivity index (χ1n) is 17.3. The number of pyridine rings is 1. The number of carbonyl (C=O) groups is 3. The fraction of sp³-hybridized carbons (Fsp3) is 0.500. The van der Waals surface area contributed by atoms with E-state index in [1.54, 1.807) is 15.9 Å². The number of aliphatic carboxylic acids is 1. The molecule has 4 N–H and O–H groups in total. The zero-order valence-electron chi connectivity index (χ0n) is 31.5. The van der Waals surface area contributed by atoms with Crippen molar-refractivity contribution in [3.8, 4) is 5.75 Å². The Bertz CT molecular complexity index is 1980. The molecule has 19 heteroatoms. The predicted molar refractivity (Wildman–Crippen MR) is 204 cm³/mol. The molecule has 13 nitrogen and oxygen atoms in total. The number of halogens is 5. The molecule has 0 bridgehead atoms. The molecule has 1 saturated heterocycles. The summed E-state index contributed by atoms with van der Waals surface area (Å²) in [6.07, 6.45) is -2.67. The number of carboxylic acid groups (broad SMARTS) is 1. The molecule has 4 rings (SSSR count). The van der Waals surface area contributed by atoms with E-state index in [-0.39, 0.29) is 46.1 Å². The molecule has 0 aliphatic carbocycles. The van der Waals surface area contributed by atoms with E-state index in [2.05, 4.69) is 14.6 Å². The Morgan fingerprint density at radius 3 is 2.22 bits per heavy atom. The van der Waals surface area contributed by atoms with Gasteiger partial charge in [0.2, 0.25) is 21.8 Å². The molecular weight excluding hydrogens is 788 g/mol. The fourth-order valence-corrected chi connectivity index (χ4v) is 8.11. The molecule has 0 radical (unpaired) electrons. The van der Waals surface area contributed by atoms with Crippen molar-refractivity contribution in [2.45, 2.75) is 76.2 Å². The SMILES string of the molecule is Cc1cc(C)c2cccc(OCc3c(Cl)ccc(S(=O)(=O)NC(C)(C)C(=O)N4CCN(C(=O)[C@@H](N)CCCCN(C)C)CC4)c3Cl)c2n1.O=C(O)C(F)(F)F. The molecule has 304 valence electrons. The first-order chi connectivity index (χ1) is 25.5. The van der Waals surface area contributed by atoms with Crippen molar-refractivity contribution in [3.63, 3.8) is 0 Å². The van der Waals surface area contributed by atoms with Gasteiger partial charge in [-0.05, 0) is 91.0 Å². The summed E-state index contributed by atoms with van der Waals surface area (Å²) in [5.74, 6) is -2.80. The number of nitrogens with zero attached hydrogens (tertiary/aromatic N) is 4. The first kappa shape index (κ1) is 45.6. The second-order valence-electron chi connectivity index (χ2n) is 13.9. The number of alkyl halides is 3. The fourth-order valence-electron chi connectivity index (χ4n) is 5.85. The van der Waals surface area contributed by atoms with E-state index in [9.17, 15) is 31.2 Å². The van der Waals surface area contributed by atoms with Crippen molar-refractivity contribution >= 4 is 61.9 Å². The summed E-state index contributed by atoms with van der Waals surface area (Å²) in [5.41, 5.74) is 7.51. The van der Waals surface area contributed by atoms with Gasteiger partial charge < -0.3 is 30.3 Å². The van der Waals surface area contributed by atoms with E-state index < -0.39 is 39.7 Å². The quantitative estimate of drug-likeness (QED) is 0.195. The summed E-state index contributed by atoms with van der Waals surface area (Å²) in [6.45, 7) is 8.87. The molecule has 0 saturated carbocycles. The van der Waals surface area contributed by atoms with Gasteiger partial charge in [-0.1, -0.05) is 41.8 Å². The third-order valence-corrected chi connectivity index (χ3v) is 11.3. The Kier molecular flexibility index (Phi) is 15.7. The van der Waals surface area contributed by atoms with Crippen molar-refractivity contribution in [2.24, 2.45) is 5.73 Å². The Hall–Kier alpha value is -3.74. The number of aromatic nitrogens is 1. The Balaban J connectivity index is 0.00000106. The number of fused-ring (bicyclic) bond motifs is 1. The number of para-hydroxylation sites is 1. The average molecular weight is 836 g/mol. The van der Waals surface area contributed by atoms with Gasteiger partial charge in [-0.15, -0.1) is 0 Å². The van der Waals surface area contributed by atoms with Crippen LogP contribution in [0.3, 0.4) is 0 Å². The molecule has 1 atom stereocenters. The number of nitrogens with one attached hydrogen (secondary N) is 1. The van der Waals surface area contributed by atoms with E-state index in [0.717, 1.165) is 36.0 Å². The number of piperazine rings is 1. The molecule has 2 heterocycles. The van der Waals surface area contributed by atoms with Gasteiger partial charge in [0, 0.05) is 47.8 Å².